The van der Waals surface area contributed by atoms with Crippen LogP contribution in [0.25, 0.3) is 0 Å². The van der Waals surface area contributed by atoms with Crippen LogP contribution in [0, 0.1) is 5.82 Å². The third-order valence-electron chi connectivity index (χ3n) is 7.48. The number of amides is 4. The van der Waals surface area contributed by atoms with Crippen molar-refractivity contribution >= 4 is 23.5 Å². The molecule has 9 nitrogen and oxygen atoms in total. The van der Waals surface area contributed by atoms with E-state index in [4.69, 9.17) is 9.84 Å². The molecule has 4 atom stereocenters. The maximum absolute atomic E-state index is 14.9. The molecule has 2 fully saturated rings. The van der Waals surface area contributed by atoms with Crippen molar-refractivity contribution in [2.75, 3.05) is 18.5 Å². The van der Waals surface area contributed by atoms with E-state index in [1.807, 2.05) is 6.07 Å². The molecular formula is C31H32FN3O6. The van der Waals surface area contributed by atoms with Crippen LogP contribution >= 0.6 is 0 Å². The highest BCUT2D eigenvalue weighted by Crippen LogP contribution is 2.41. The van der Waals surface area contributed by atoms with Crippen LogP contribution < -0.4 is 15.4 Å². The van der Waals surface area contributed by atoms with Crippen molar-refractivity contribution in [3.05, 3.63) is 95.3 Å². The van der Waals surface area contributed by atoms with Crippen LogP contribution in [0.1, 0.15) is 54.3 Å². The van der Waals surface area contributed by atoms with Gasteiger partial charge in [-0.1, -0.05) is 55.5 Å². The molecule has 10 heteroatoms. The van der Waals surface area contributed by atoms with E-state index in [0.717, 1.165) is 28.9 Å². The lowest BCUT2D eigenvalue weighted by atomic mass is 9.91. The molecule has 1 aliphatic carbocycles. The first-order valence-electron chi connectivity index (χ1n) is 13.6. The summed E-state index contributed by atoms with van der Waals surface area (Å²) in [6, 6.07) is 17.1. The number of rotatable bonds is 11. The number of urea groups is 1. The van der Waals surface area contributed by atoms with Crippen LogP contribution in [0.4, 0.5) is 14.9 Å². The Morgan fingerprint density at radius 2 is 1.76 bits per heavy atom. The number of halogens is 1. The molecule has 1 saturated heterocycles. The molecule has 2 aliphatic rings. The minimum Gasteiger partial charge on any atom is -0.491 e. The third-order valence-corrected chi connectivity index (χ3v) is 7.48. The van der Waals surface area contributed by atoms with Gasteiger partial charge in [-0.05, 0) is 59.7 Å². The molecule has 5 rings (SSSR count). The number of imide groups is 1. The number of hydrogen-bond acceptors (Lipinski definition) is 6. The van der Waals surface area contributed by atoms with E-state index in [1.165, 1.54) is 12.1 Å². The van der Waals surface area contributed by atoms with Crippen molar-refractivity contribution in [3.8, 4) is 5.75 Å². The standard InChI is InChI=1S/C31H32FN3O6/c1-18(19-5-3-2-4-6-19)28(29(38)33-26-14-11-22(15-25(26)32)20-7-8-20)35-30(39)27(34-31(35)40)21-9-12-24(13-10-21)41-17-23(37)16-36/h2-6,9-15,18,20,23,27-28,36-37H,7-8,16-17H2,1H3,(H,33,38)(H,34,40)/t18-,23-,27+,28-/m0/s1. The first-order valence-corrected chi connectivity index (χ1v) is 13.6. The van der Waals surface area contributed by atoms with Crippen LogP contribution in [0.2, 0.25) is 0 Å². The van der Waals surface area contributed by atoms with Crippen molar-refractivity contribution in [2.24, 2.45) is 0 Å². The van der Waals surface area contributed by atoms with Gasteiger partial charge >= 0.3 is 6.03 Å². The Hall–Kier alpha value is -4.28. The van der Waals surface area contributed by atoms with Crippen LogP contribution in [0.15, 0.2) is 72.8 Å². The third kappa shape index (κ3) is 6.23. The van der Waals surface area contributed by atoms with Crippen LogP contribution in [0.5, 0.6) is 5.75 Å². The Balaban J connectivity index is 1.39. The minimum absolute atomic E-state index is 0.0184. The lowest BCUT2D eigenvalue weighted by Gasteiger charge is -2.30. The number of ether oxygens (including phenoxy) is 1. The Labute approximate surface area is 236 Å². The maximum Gasteiger partial charge on any atom is 0.325 e. The van der Waals surface area contributed by atoms with E-state index in [-0.39, 0.29) is 12.3 Å². The highest BCUT2D eigenvalue weighted by Gasteiger charge is 2.47. The highest BCUT2D eigenvalue weighted by atomic mass is 19.1. The van der Waals surface area contributed by atoms with Crippen LogP contribution in [-0.2, 0) is 9.59 Å². The van der Waals surface area contributed by atoms with Gasteiger partial charge in [-0.3, -0.25) is 9.59 Å². The fraction of sp³-hybridized carbons (Fsp3) is 0.323. The van der Waals surface area contributed by atoms with Gasteiger partial charge in [0.2, 0.25) is 5.91 Å². The first-order chi connectivity index (χ1) is 19.8. The Morgan fingerprint density at radius 3 is 2.39 bits per heavy atom. The van der Waals surface area contributed by atoms with Crippen molar-refractivity contribution < 1.29 is 33.7 Å². The number of anilines is 1. The quantitative estimate of drug-likeness (QED) is 0.264. The maximum atomic E-state index is 14.9. The van der Waals surface area contributed by atoms with Gasteiger partial charge in [0.1, 0.15) is 36.4 Å². The van der Waals surface area contributed by atoms with Gasteiger partial charge in [0.15, 0.2) is 0 Å². The van der Waals surface area contributed by atoms with Crippen molar-refractivity contribution in [2.45, 2.75) is 49.8 Å². The molecule has 1 saturated carbocycles. The van der Waals surface area contributed by atoms with Gasteiger partial charge in [-0.25, -0.2) is 14.1 Å². The van der Waals surface area contributed by atoms with Gasteiger partial charge in [-0.2, -0.15) is 0 Å². The predicted molar refractivity (Wildman–Crippen MR) is 149 cm³/mol. The van der Waals surface area contributed by atoms with E-state index in [0.29, 0.717) is 17.2 Å². The minimum atomic E-state index is -1.26. The molecule has 1 aliphatic heterocycles. The Kier molecular flexibility index (Phi) is 8.32. The van der Waals surface area contributed by atoms with Crippen molar-refractivity contribution in [1.29, 1.82) is 0 Å². The van der Waals surface area contributed by atoms with Crippen molar-refractivity contribution in [1.82, 2.24) is 10.2 Å². The summed E-state index contributed by atoms with van der Waals surface area (Å²) in [5.41, 5.74) is 2.06. The van der Waals surface area contributed by atoms with E-state index in [1.54, 1.807) is 61.5 Å². The van der Waals surface area contributed by atoms with Crippen LogP contribution in [-0.4, -0.2) is 58.3 Å². The van der Waals surface area contributed by atoms with Gasteiger partial charge < -0.3 is 25.6 Å². The fourth-order valence-electron chi connectivity index (χ4n) is 5.00. The second-order valence-electron chi connectivity index (χ2n) is 10.5. The van der Waals surface area contributed by atoms with Crippen molar-refractivity contribution in [3.63, 3.8) is 0 Å². The topological polar surface area (TPSA) is 128 Å². The largest absolute Gasteiger partial charge is 0.491 e. The van der Waals surface area contributed by atoms with E-state index in [2.05, 4.69) is 10.6 Å². The van der Waals surface area contributed by atoms with E-state index in [9.17, 15) is 23.9 Å². The molecule has 0 aromatic heterocycles. The summed E-state index contributed by atoms with van der Waals surface area (Å²) in [6.45, 7) is 1.19. The van der Waals surface area contributed by atoms with E-state index >= 15 is 0 Å². The number of hydrogen-bond donors (Lipinski definition) is 4. The van der Waals surface area contributed by atoms with Gasteiger partial charge in [0.05, 0.1) is 12.3 Å². The number of carbonyl (C=O) groups excluding carboxylic acids is 3. The zero-order chi connectivity index (χ0) is 29.1. The number of carbonyl (C=O) groups is 3. The number of aliphatic hydroxyl groups excluding tert-OH is 2. The molecular weight excluding hydrogens is 529 g/mol. The number of aliphatic hydroxyl groups is 2. The van der Waals surface area contributed by atoms with Gasteiger partial charge in [-0.15, -0.1) is 0 Å². The van der Waals surface area contributed by atoms with E-state index < -0.39 is 54.4 Å². The average molecular weight is 562 g/mol. The predicted octanol–water partition coefficient (Wildman–Crippen LogP) is 3.84. The zero-order valence-electron chi connectivity index (χ0n) is 22.5. The molecule has 3 aromatic rings. The molecule has 0 spiro atoms. The first kappa shape index (κ1) is 28.3. The summed E-state index contributed by atoms with van der Waals surface area (Å²) in [5, 5.41) is 23.7. The summed E-state index contributed by atoms with van der Waals surface area (Å²) < 4.78 is 20.4. The molecule has 0 unspecified atom stereocenters. The summed E-state index contributed by atoms with van der Waals surface area (Å²) in [7, 11) is 0. The zero-order valence-corrected chi connectivity index (χ0v) is 22.5. The highest BCUT2D eigenvalue weighted by molar-refractivity contribution is 6.10. The summed E-state index contributed by atoms with van der Waals surface area (Å²) in [4.78, 5) is 41.6. The lowest BCUT2D eigenvalue weighted by molar-refractivity contribution is -0.134. The molecule has 4 N–H and O–H groups in total. The SMILES string of the molecule is C[C@@H](c1ccccc1)[C@@H](C(=O)Nc1ccc(C2CC2)cc1F)N1C(=O)N[C@H](c2ccc(OC[C@@H](O)CO)cc2)C1=O. The molecule has 214 valence electrons. The molecule has 3 aromatic carbocycles. The monoisotopic (exact) mass is 561 g/mol. The van der Waals surface area contributed by atoms with Gasteiger partial charge in [0, 0.05) is 5.92 Å². The smallest absolute Gasteiger partial charge is 0.325 e. The molecule has 4 amide bonds. The second kappa shape index (κ2) is 12.1. The Bertz CT molecular complexity index is 1410. The average Bonchev–Trinajstić information content (AvgIpc) is 3.80. The summed E-state index contributed by atoms with van der Waals surface area (Å²) in [5.74, 6) is -1.73. The molecule has 0 bridgehead atoms. The van der Waals surface area contributed by atoms with Gasteiger partial charge in [0.25, 0.3) is 5.91 Å². The number of nitrogens with zero attached hydrogens (tertiary/aromatic N) is 1. The number of benzene rings is 3. The fourth-order valence-corrected chi connectivity index (χ4v) is 5.00. The number of nitrogens with one attached hydrogen (secondary N) is 2. The van der Waals surface area contributed by atoms with Crippen LogP contribution in [0.3, 0.4) is 0 Å². The normalized spacial score (nSPS) is 18.9. The summed E-state index contributed by atoms with van der Waals surface area (Å²) >= 11 is 0. The Morgan fingerprint density at radius 1 is 1.07 bits per heavy atom. The molecule has 41 heavy (non-hydrogen) atoms. The second-order valence-corrected chi connectivity index (χ2v) is 10.5. The summed E-state index contributed by atoms with van der Waals surface area (Å²) in [6.07, 6.45) is 0.994. The lowest BCUT2D eigenvalue weighted by Crippen LogP contribution is -2.50. The molecule has 0 radical (unpaired) electrons. The molecule has 1 heterocycles.